The molecular weight excluding hydrogens is 438 g/mol. The van der Waals surface area contributed by atoms with Gasteiger partial charge in [-0.25, -0.2) is 14.8 Å². The van der Waals surface area contributed by atoms with Crippen LogP contribution in [0.25, 0.3) is 28.1 Å². The lowest BCUT2D eigenvalue weighted by atomic mass is 9.91. The molecule has 0 radical (unpaired) electrons. The average Bonchev–Trinajstić information content (AvgIpc) is 2.93. The van der Waals surface area contributed by atoms with Gasteiger partial charge in [-0.05, 0) is 52.9 Å². The Morgan fingerprint density at radius 3 is 2.31 bits per heavy atom. The topological polar surface area (TPSA) is 84.3 Å². The molecule has 1 aromatic heterocycles. The predicted molar refractivity (Wildman–Crippen MR) is 136 cm³/mol. The van der Waals surface area contributed by atoms with Crippen molar-refractivity contribution in [2.24, 2.45) is 0 Å². The summed E-state index contributed by atoms with van der Waals surface area (Å²) in [7, 11) is 0. The Balaban J connectivity index is 1.33. The van der Waals surface area contributed by atoms with Crippen LogP contribution in [0.3, 0.4) is 0 Å². The summed E-state index contributed by atoms with van der Waals surface area (Å²) in [5, 5.41) is 12.9. The zero-order valence-electron chi connectivity index (χ0n) is 19.1. The van der Waals surface area contributed by atoms with Crippen LogP contribution in [0.1, 0.15) is 27.9 Å². The Kier molecular flexibility index (Phi) is 6.63. The summed E-state index contributed by atoms with van der Waals surface area (Å²) in [6.45, 7) is 2.07. The van der Waals surface area contributed by atoms with Gasteiger partial charge < -0.3 is 15.2 Å². The van der Waals surface area contributed by atoms with E-state index in [1.807, 2.05) is 66.7 Å². The highest BCUT2D eigenvalue weighted by Gasteiger charge is 2.16. The van der Waals surface area contributed by atoms with E-state index in [-0.39, 0.29) is 0 Å². The lowest BCUT2D eigenvalue weighted by Crippen LogP contribution is -2.20. The number of ether oxygens (including phenoxy) is 1. The molecule has 0 spiro atoms. The van der Waals surface area contributed by atoms with Gasteiger partial charge in [-0.3, -0.25) is 0 Å². The smallest absolute Gasteiger partial charge is 0.336 e. The zero-order chi connectivity index (χ0) is 24.0. The molecule has 0 atom stereocenters. The molecule has 35 heavy (non-hydrogen) atoms. The third-order valence-electron chi connectivity index (χ3n) is 6.01. The number of aromatic nitrogens is 2. The molecule has 0 amide bonds. The molecule has 174 valence electrons. The summed E-state index contributed by atoms with van der Waals surface area (Å²) < 4.78 is 5.77. The van der Waals surface area contributed by atoms with Gasteiger partial charge in [-0.1, -0.05) is 66.7 Å². The van der Waals surface area contributed by atoms with E-state index < -0.39 is 5.97 Å². The molecule has 0 saturated heterocycles. The summed E-state index contributed by atoms with van der Waals surface area (Å²) in [5.41, 5.74) is 6.15. The van der Waals surface area contributed by atoms with Crippen molar-refractivity contribution in [3.8, 4) is 28.3 Å². The zero-order valence-corrected chi connectivity index (χ0v) is 19.1. The summed E-state index contributed by atoms with van der Waals surface area (Å²) in [6.07, 6.45) is 6.25. The third kappa shape index (κ3) is 5.28. The van der Waals surface area contributed by atoms with E-state index >= 15 is 0 Å². The van der Waals surface area contributed by atoms with Crippen LogP contribution >= 0.6 is 0 Å². The molecule has 1 aliphatic rings. The Bertz CT molecular complexity index is 1350. The largest absolute Gasteiger partial charge is 0.486 e. The molecule has 0 aliphatic carbocycles. The average molecular weight is 464 g/mol. The maximum Gasteiger partial charge on any atom is 0.336 e. The van der Waals surface area contributed by atoms with Crippen molar-refractivity contribution in [1.29, 1.82) is 0 Å². The van der Waals surface area contributed by atoms with Gasteiger partial charge in [-0.2, -0.15) is 0 Å². The summed E-state index contributed by atoms with van der Waals surface area (Å²) in [6, 6.07) is 23.5. The molecule has 5 rings (SSSR count). The molecule has 6 heteroatoms. The number of carbonyl (C=O) groups is 1. The normalized spacial score (nSPS) is 13.2. The highest BCUT2D eigenvalue weighted by Crippen LogP contribution is 2.30. The van der Waals surface area contributed by atoms with Crippen molar-refractivity contribution in [1.82, 2.24) is 15.3 Å². The molecular formula is C29H25N3O3. The second-order valence-corrected chi connectivity index (χ2v) is 8.34. The second kappa shape index (κ2) is 10.3. The van der Waals surface area contributed by atoms with E-state index in [4.69, 9.17) is 4.74 Å². The van der Waals surface area contributed by atoms with Crippen molar-refractivity contribution in [2.45, 2.75) is 13.0 Å². The third-order valence-corrected chi connectivity index (χ3v) is 6.01. The summed E-state index contributed by atoms with van der Waals surface area (Å²) >= 11 is 0. The van der Waals surface area contributed by atoms with E-state index in [0.29, 0.717) is 23.7 Å². The molecule has 0 bridgehead atoms. The van der Waals surface area contributed by atoms with Gasteiger partial charge in [0.05, 0.1) is 18.0 Å². The monoisotopic (exact) mass is 463 g/mol. The lowest BCUT2D eigenvalue weighted by Gasteiger charge is -2.17. The Morgan fingerprint density at radius 1 is 0.914 bits per heavy atom. The number of nitrogens with zero attached hydrogens (tertiary/aromatic N) is 2. The predicted octanol–water partition coefficient (Wildman–Crippen LogP) is 5.46. The van der Waals surface area contributed by atoms with Crippen molar-refractivity contribution in [3.05, 3.63) is 108 Å². The molecule has 1 aliphatic heterocycles. The van der Waals surface area contributed by atoms with Crippen LogP contribution in [0.15, 0.2) is 91.3 Å². The number of carboxylic acid groups (broad SMARTS) is 1. The molecule has 3 aromatic carbocycles. The highest BCUT2D eigenvalue weighted by molar-refractivity contribution is 5.95. The van der Waals surface area contributed by atoms with E-state index in [0.717, 1.165) is 52.9 Å². The number of hydrogen-bond acceptors (Lipinski definition) is 5. The van der Waals surface area contributed by atoms with Crippen LogP contribution in [0.2, 0.25) is 0 Å². The molecule has 0 saturated carbocycles. The first kappa shape index (κ1) is 22.5. The first-order valence-corrected chi connectivity index (χ1v) is 11.5. The van der Waals surface area contributed by atoms with Crippen molar-refractivity contribution >= 4 is 11.5 Å². The van der Waals surface area contributed by atoms with E-state index in [1.54, 1.807) is 18.5 Å². The van der Waals surface area contributed by atoms with Crippen LogP contribution in [-0.4, -0.2) is 34.1 Å². The van der Waals surface area contributed by atoms with Crippen molar-refractivity contribution < 1.29 is 14.6 Å². The van der Waals surface area contributed by atoms with Gasteiger partial charge in [0, 0.05) is 12.1 Å². The Morgan fingerprint density at radius 2 is 1.63 bits per heavy atom. The van der Waals surface area contributed by atoms with Crippen LogP contribution in [0, 0.1) is 0 Å². The van der Waals surface area contributed by atoms with Gasteiger partial charge in [0.15, 0.2) is 11.6 Å². The molecule has 2 N–H and O–H groups in total. The molecule has 0 fully saturated rings. The van der Waals surface area contributed by atoms with Crippen LogP contribution in [0.5, 0.6) is 5.75 Å². The quantitative estimate of drug-likeness (QED) is 0.378. The van der Waals surface area contributed by atoms with Crippen molar-refractivity contribution in [2.75, 3.05) is 13.1 Å². The fourth-order valence-corrected chi connectivity index (χ4v) is 4.14. The van der Waals surface area contributed by atoms with E-state index in [9.17, 15) is 9.90 Å². The Labute approximate surface area is 204 Å². The molecule has 0 unspecified atom stereocenters. The minimum Gasteiger partial charge on any atom is -0.486 e. The number of nitrogens with one attached hydrogen (secondary N) is 1. The van der Waals surface area contributed by atoms with Gasteiger partial charge in [-0.15, -0.1) is 0 Å². The summed E-state index contributed by atoms with van der Waals surface area (Å²) in [4.78, 5) is 20.7. The van der Waals surface area contributed by atoms with Gasteiger partial charge in [0.2, 0.25) is 0 Å². The number of aromatic carboxylic acids is 1. The minimum atomic E-state index is -0.908. The van der Waals surface area contributed by atoms with E-state index in [1.165, 1.54) is 0 Å². The maximum absolute atomic E-state index is 11.8. The first-order valence-electron chi connectivity index (χ1n) is 11.5. The molecule has 6 nitrogen and oxygen atoms in total. The number of rotatable bonds is 7. The van der Waals surface area contributed by atoms with Crippen LogP contribution < -0.4 is 10.1 Å². The number of carboxylic acids is 1. The Hall–Kier alpha value is -4.29. The van der Waals surface area contributed by atoms with Gasteiger partial charge in [0.1, 0.15) is 6.61 Å². The fraction of sp³-hybridized carbons (Fsp3) is 0.138. The van der Waals surface area contributed by atoms with Gasteiger partial charge >= 0.3 is 5.97 Å². The SMILES string of the molecule is O=C(O)c1ccc(-c2ccc(-c3ncc(OCc4ccccc4)cn3)cc2)cc1C1=CCNCC1. The van der Waals surface area contributed by atoms with Crippen LogP contribution in [0.4, 0.5) is 0 Å². The van der Waals surface area contributed by atoms with Crippen LogP contribution in [-0.2, 0) is 6.61 Å². The number of benzene rings is 3. The standard InChI is InChI=1S/C29H25N3O3/c33-29(34)26-11-10-24(16-27(26)22-12-14-30-15-13-22)21-6-8-23(9-7-21)28-31-17-25(18-32-28)35-19-20-4-2-1-3-5-20/h1-12,16-18,30H,13-15,19H2,(H,33,34). The minimum absolute atomic E-state index is 0.335. The number of hydrogen-bond donors (Lipinski definition) is 2. The molecule has 2 heterocycles. The second-order valence-electron chi connectivity index (χ2n) is 8.34. The summed E-state index contributed by atoms with van der Waals surface area (Å²) in [5.74, 6) is 0.326. The highest BCUT2D eigenvalue weighted by atomic mass is 16.5. The van der Waals surface area contributed by atoms with Gasteiger partial charge in [0.25, 0.3) is 0 Å². The first-order chi connectivity index (χ1) is 17.2. The van der Waals surface area contributed by atoms with Crippen molar-refractivity contribution in [3.63, 3.8) is 0 Å². The maximum atomic E-state index is 11.8. The lowest BCUT2D eigenvalue weighted by molar-refractivity contribution is 0.0696. The van der Waals surface area contributed by atoms with E-state index in [2.05, 4.69) is 21.4 Å². The fourth-order valence-electron chi connectivity index (χ4n) is 4.14. The molecule has 4 aromatic rings.